The van der Waals surface area contributed by atoms with Crippen molar-refractivity contribution in [1.82, 2.24) is 4.90 Å². The van der Waals surface area contributed by atoms with Crippen LogP contribution in [0, 0.1) is 10.1 Å². The topological polar surface area (TPSA) is 92.9 Å². The average molecular weight is 319 g/mol. The summed E-state index contributed by atoms with van der Waals surface area (Å²) in [7, 11) is 0. The van der Waals surface area contributed by atoms with Crippen LogP contribution < -0.4 is 0 Å². The maximum absolute atomic E-state index is 11.7. The molecule has 1 aromatic rings. The Morgan fingerprint density at radius 1 is 1.38 bits per heavy atom. The Hall–Kier alpha value is -1.86. The largest absolute Gasteiger partial charge is 0.507 e. The summed E-state index contributed by atoms with van der Waals surface area (Å²) in [6.45, 7) is 6.54. The van der Waals surface area contributed by atoms with E-state index < -0.39 is 16.6 Å². The van der Waals surface area contributed by atoms with Crippen molar-refractivity contribution in [2.45, 2.75) is 13.8 Å². The molecule has 0 fully saturated rings. The van der Waals surface area contributed by atoms with E-state index in [0.29, 0.717) is 6.54 Å². The van der Waals surface area contributed by atoms with Crippen molar-refractivity contribution in [3.63, 3.8) is 0 Å². The highest BCUT2D eigenvalue weighted by Crippen LogP contribution is 2.23. The lowest BCUT2D eigenvalue weighted by molar-refractivity contribution is -0.384. The van der Waals surface area contributed by atoms with Crippen LogP contribution >= 0.6 is 12.4 Å². The van der Waals surface area contributed by atoms with Gasteiger partial charge in [0.2, 0.25) is 0 Å². The van der Waals surface area contributed by atoms with E-state index in [1.807, 2.05) is 13.8 Å². The fourth-order valence-corrected chi connectivity index (χ4v) is 1.69. The highest BCUT2D eigenvalue weighted by Gasteiger charge is 2.16. The molecule has 118 valence electrons. The summed E-state index contributed by atoms with van der Waals surface area (Å²) in [4.78, 5) is 23.7. The Bertz CT molecular complexity index is 491. The number of carbonyl (C=O) groups excluding carboxylic acids is 1. The maximum Gasteiger partial charge on any atom is 0.341 e. The summed E-state index contributed by atoms with van der Waals surface area (Å²) < 4.78 is 5.03. The number of rotatable bonds is 7. The van der Waals surface area contributed by atoms with Gasteiger partial charge in [-0.3, -0.25) is 10.1 Å². The number of hydrogen-bond donors (Lipinski definition) is 1. The van der Waals surface area contributed by atoms with Crippen molar-refractivity contribution in [2.24, 2.45) is 0 Å². The molecule has 0 saturated carbocycles. The number of carbonyl (C=O) groups is 1. The number of ether oxygens (including phenoxy) is 1. The normalized spacial score (nSPS) is 10.0. The monoisotopic (exact) mass is 318 g/mol. The summed E-state index contributed by atoms with van der Waals surface area (Å²) in [5.41, 5.74) is -0.350. The molecular weight excluding hydrogens is 300 g/mol. The highest BCUT2D eigenvalue weighted by molar-refractivity contribution is 5.92. The van der Waals surface area contributed by atoms with Gasteiger partial charge in [0.1, 0.15) is 17.9 Å². The third-order valence-corrected chi connectivity index (χ3v) is 2.95. The number of nitrogens with zero attached hydrogens (tertiary/aromatic N) is 2. The Kier molecular flexibility index (Phi) is 8.34. The van der Waals surface area contributed by atoms with Crippen molar-refractivity contribution in [3.05, 3.63) is 33.9 Å². The molecule has 8 heteroatoms. The average Bonchev–Trinajstić information content (AvgIpc) is 2.43. The van der Waals surface area contributed by atoms with Crippen molar-refractivity contribution in [3.8, 4) is 5.75 Å². The van der Waals surface area contributed by atoms with Crippen LogP contribution in [0.5, 0.6) is 5.75 Å². The van der Waals surface area contributed by atoms with Crippen LogP contribution in [0.25, 0.3) is 0 Å². The molecule has 0 amide bonds. The van der Waals surface area contributed by atoms with Gasteiger partial charge in [0.25, 0.3) is 5.69 Å². The fraction of sp³-hybridized carbons (Fsp3) is 0.462. The van der Waals surface area contributed by atoms with Gasteiger partial charge in [0.05, 0.1) is 11.0 Å². The first-order valence-corrected chi connectivity index (χ1v) is 6.36. The molecule has 0 radical (unpaired) electrons. The third kappa shape index (κ3) is 5.57. The number of nitro groups is 1. The number of hydrogen-bond acceptors (Lipinski definition) is 6. The van der Waals surface area contributed by atoms with E-state index in [9.17, 15) is 20.0 Å². The first kappa shape index (κ1) is 19.1. The molecule has 0 aliphatic heterocycles. The van der Waals surface area contributed by atoms with Crippen LogP contribution in [0.4, 0.5) is 5.69 Å². The number of nitro benzene ring substituents is 1. The fourth-order valence-electron chi connectivity index (χ4n) is 1.69. The Morgan fingerprint density at radius 2 is 2.00 bits per heavy atom. The quantitative estimate of drug-likeness (QED) is 0.471. The lowest BCUT2D eigenvalue weighted by Gasteiger charge is -2.17. The maximum atomic E-state index is 11.7. The molecular formula is C13H19ClN2O5. The first-order chi connectivity index (χ1) is 9.49. The molecule has 0 heterocycles. The zero-order chi connectivity index (χ0) is 15.1. The summed E-state index contributed by atoms with van der Waals surface area (Å²) in [6, 6.07) is 3.27. The molecule has 1 rings (SSSR count). The van der Waals surface area contributed by atoms with Gasteiger partial charge >= 0.3 is 5.97 Å². The number of benzene rings is 1. The van der Waals surface area contributed by atoms with E-state index in [1.54, 1.807) is 0 Å². The molecule has 0 aliphatic carbocycles. The van der Waals surface area contributed by atoms with Crippen molar-refractivity contribution < 1.29 is 19.6 Å². The molecule has 21 heavy (non-hydrogen) atoms. The predicted molar refractivity (Wildman–Crippen MR) is 80.1 cm³/mol. The van der Waals surface area contributed by atoms with Crippen molar-refractivity contribution in [2.75, 3.05) is 26.2 Å². The van der Waals surface area contributed by atoms with Gasteiger partial charge in [-0.05, 0) is 19.2 Å². The van der Waals surface area contributed by atoms with E-state index in [0.717, 1.165) is 25.2 Å². The number of esters is 1. The van der Waals surface area contributed by atoms with Gasteiger partial charge in [0, 0.05) is 12.6 Å². The van der Waals surface area contributed by atoms with E-state index in [-0.39, 0.29) is 30.3 Å². The van der Waals surface area contributed by atoms with E-state index in [2.05, 4.69) is 4.90 Å². The molecule has 1 N–H and O–H groups in total. The lowest BCUT2D eigenvalue weighted by atomic mass is 10.2. The number of phenolic OH excluding ortho intramolecular Hbond substituents is 1. The van der Waals surface area contributed by atoms with Crippen LogP contribution in [-0.4, -0.2) is 47.1 Å². The van der Waals surface area contributed by atoms with Crippen LogP contribution in [0.2, 0.25) is 0 Å². The molecule has 0 atom stereocenters. The molecule has 0 unspecified atom stereocenters. The van der Waals surface area contributed by atoms with Crippen LogP contribution in [0.15, 0.2) is 18.2 Å². The Labute approximate surface area is 129 Å². The molecule has 0 saturated heterocycles. The second kappa shape index (κ2) is 9.15. The molecule has 0 aromatic heterocycles. The van der Waals surface area contributed by atoms with E-state index >= 15 is 0 Å². The predicted octanol–water partition coefficient (Wildman–Crippen LogP) is 2.22. The second-order valence-corrected chi connectivity index (χ2v) is 4.12. The zero-order valence-corrected chi connectivity index (χ0v) is 12.8. The molecule has 7 nitrogen and oxygen atoms in total. The summed E-state index contributed by atoms with van der Waals surface area (Å²) in [6.07, 6.45) is 0. The van der Waals surface area contributed by atoms with Gasteiger partial charge in [-0.25, -0.2) is 4.79 Å². The molecule has 0 bridgehead atoms. The molecule has 0 aliphatic rings. The smallest absolute Gasteiger partial charge is 0.341 e. The summed E-state index contributed by atoms with van der Waals surface area (Å²) in [5.74, 6) is -1.14. The number of non-ortho nitro benzene ring substituents is 1. The van der Waals surface area contributed by atoms with E-state index in [4.69, 9.17) is 4.74 Å². The van der Waals surface area contributed by atoms with Gasteiger partial charge in [-0.1, -0.05) is 13.8 Å². The zero-order valence-electron chi connectivity index (χ0n) is 11.9. The lowest BCUT2D eigenvalue weighted by Crippen LogP contribution is -2.27. The summed E-state index contributed by atoms with van der Waals surface area (Å²) >= 11 is 0. The number of halogens is 1. The SMILES string of the molecule is CCN(CC)CCOC(=O)c1ccc([N+](=O)[O-])cc1O.Cl. The van der Waals surface area contributed by atoms with Gasteiger partial charge < -0.3 is 14.7 Å². The minimum atomic E-state index is -0.690. The Balaban J connectivity index is 0.00000400. The number of phenols is 1. The molecule has 0 spiro atoms. The van der Waals surface area contributed by atoms with Crippen LogP contribution in [0.1, 0.15) is 24.2 Å². The van der Waals surface area contributed by atoms with Crippen LogP contribution in [-0.2, 0) is 4.74 Å². The van der Waals surface area contributed by atoms with Gasteiger partial charge in [-0.2, -0.15) is 0 Å². The van der Waals surface area contributed by atoms with Crippen molar-refractivity contribution in [1.29, 1.82) is 0 Å². The Morgan fingerprint density at radius 3 is 2.48 bits per heavy atom. The van der Waals surface area contributed by atoms with Crippen LogP contribution in [0.3, 0.4) is 0 Å². The highest BCUT2D eigenvalue weighted by atomic mass is 35.5. The third-order valence-electron chi connectivity index (χ3n) is 2.95. The van der Waals surface area contributed by atoms with Gasteiger partial charge in [0.15, 0.2) is 0 Å². The summed E-state index contributed by atoms with van der Waals surface area (Å²) in [5, 5.41) is 20.1. The minimum absolute atomic E-state index is 0. The molecule has 1 aromatic carbocycles. The van der Waals surface area contributed by atoms with Gasteiger partial charge in [-0.15, -0.1) is 12.4 Å². The standard InChI is InChI=1S/C13H18N2O5.ClH/c1-3-14(4-2)7-8-20-13(17)11-6-5-10(15(18)19)9-12(11)16;/h5-6,9,16H,3-4,7-8H2,1-2H3;1H. The number of likely N-dealkylation sites (N-methyl/N-ethyl adjacent to an activating group) is 1. The second-order valence-electron chi connectivity index (χ2n) is 4.12. The minimum Gasteiger partial charge on any atom is -0.507 e. The van der Waals surface area contributed by atoms with E-state index in [1.165, 1.54) is 6.07 Å². The first-order valence-electron chi connectivity index (χ1n) is 6.36. The van der Waals surface area contributed by atoms with Crippen molar-refractivity contribution >= 4 is 24.1 Å². The number of aromatic hydroxyl groups is 1.